The van der Waals surface area contributed by atoms with Crippen LogP contribution in [0.3, 0.4) is 0 Å². The molecule has 0 spiro atoms. The van der Waals surface area contributed by atoms with Crippen molar-refractivity contribution < 1.29 is 14.0 Å². The summed E-state index contributed by atoms with van der Waals surface area (Å²) < 4.78 is 15.4. The highest BCUT2D eigenvalue weighted by atomic mass is 79.9. The number of nitrogens with zero attached hydrogens (tertiary/aromatic N) is 2. The number of carbonyl (C=O) groups excluding carboxylic acids is 2. The van der Waals surface area contributed by atoms with E-state index in [1.807, 2.05) is 17.0 Å². The summed E-state index contributed by atoms with van der Waals surface area (Å²) in [5.41, 5.74) is 0.843. The molecule has 1 aliphatic rings. The fourth-order valence-corrected chi connectivity index (χ4v) is 4.51. The number of hydrogen-bond donors (Lipinski definition) is 1. The van der Waals surface area contributed by atoms with Crippen LogP contribution in [0, 0.1) is 5.82 Å². The van der Waals surface area contributed by atoms with E-state index in [2.05, 4.69) is 21.2 Å². The quantitative estimate of drug-likeness (QED) is 0.697. The predicted octanol–water partition coefficient (Wildman–Crippen LogP) is 3.93. The first kappa shape index (κ1) is 19.8. The van der Waals surface area contributed by atoms with Crippen LogP contribution in [0.2, 0.25) is 0 Å². The predicted molar refractivity (Wildman–Crippen MR) is 109 cm³/mol. The number of urea groups is 1. The number of hydrogen-bond acceptors (Lipinski definition) is 4. The molecule has 0 bridgehead atoms. The van der Waals surface area contributed by atoms with E-state index in [1.165, 1.54) is 17.9 Å². The largest absolute Gasteiger partial charge is 0.366 e. The third kappa shape index (κ3) is 5.07. The summed E-state index contributed by atoms with van der Waals surface area (Å²) in [6.07, 6.45) is 0.801. The van der Waals surface area contributed by atoms with E-state index in [1.54, 1.807) is 28.4 Å². The second-order valence-electron chi connectivity index (χ2n) is 6.38. The fraction of sp³-hybridized carbons (Fsp3) is 0.368. The highest BCUT2D eigenvalue weighted by Crippen LogP contribution is 2.23. The lowest BCUT2D eigenvalue weighted by atomic mass is 10.1. The van der Waals surface area contributed by atoms with Crippen LogP contribution in [0.25, 0.3) is 0 Å². The normalized spacial score (nSPS) is 14.3. The summed E-state index contributed by atoms with van der Waals surface area (Å²) in [4.78, 5) is 28.5. The number of halogens is 2. The van der Waals surface area contributed by atoms with E-state index >= 15 is 0 Å². The van der Waals surface area contributed by atoms with Gasteiger partial charge >= 0.3 is 6.03 Å². The summed E-state index contributed by atoms with van der Waals surface area (Å²) >= 11 is 5.10. The van der Waals surface area contributed by atoms with Gasteiger partial charge in [-0.25, -0.2) is 9.18 Å². The Kier molecular flexibility index (Phi) is 6.49. The van der Waals surface area contributed by atoms with Gasteiger partial charge in [-0.2, -0.15) is 0 Å². The number of piperazine rings is 1. The standard InChI is InChI=1S/C19H21BrFN3O2S/c1-13(25)14-2-4-17(16(21)12-14)23-8-10-24(11-9-23)19(26)22-7-6-15-3-5-18(20)27-15/h2-5,12H,6-11H2,1H3,(H,22,26). The molecule has 3 rings (SSSR count). The zero-order valence-electron chi connectivity index (χ0n) is 15.0. The number of benzene rings is 1. The number of Topliss-reactive ketones (excluding diaryl/α,β-unsaturated/α-hetero) is 1. The van der Waals surface area contributed by atoms with E-state index in [0.29, 0.717) is 44.0 Å². The molecule has 144 valence electrons. The summed E-state index contributed by atoms with van der Waals surface area (Å²) in [6, 6.07) is 8.52. The van der Waals surface area contributed by atoms with Crippen LogP contribution in [0.15, 0.2) is 34.1 Å². The second kappa shape index (κ2) is 8.84. The number of thiophene rings is 1. The van der Waals surface area contributed by atoms with Crippen LogP contribution in [0.4, 0.5) is 14.9 Å². The van der Waals surface area contributed by atoms with Crippen molar-refractivity contribution in [2.75, 3.05) is 37.6 Å². The van der Waals surface area contributed by atoms with Crippen LogP contribution in [0.5, 0.6) is 0 Å². The number of rotatable bonds is 5. The molecule has 2 aromatic rings. The third-order valence-corrected chi connectivity index (χ3v) is 6.22. The minimum Gasteiger partial charge on any atom is -0.366 e. The van der Waals surface area contributed by atoms with E-state index in [4.69, 9.17) is 0 Å². The first-order chi connectivity index (χ1) is 12.9. The molecule has 1 aromatic carbocycles. The van der Waals surface area contributed by atoms with E-state index < -0.39 is 5.82 Å². The molecule has 0 atom stereocenters. The molecule has 5 nitrogen and oxygen atoms in total. The van der Waals surface area contributed by atoms with Crippen LogP contribution >= 0.6 is 27.3 Å². The van der Waals surface area contributed by atoms with Gasteiger partial charge in [0.15, 0.2) is 5.78 Å². The fourth-order valence-electron chi connectivity index (χ4n) is 3.02. The maximum absolute atomic E-state index is 14.3. The minimum absolute atomic E-state index is 0.0855. The molecule has 2 amide bonds. The maximum atomic E-state index is 14.3. The Bertz CT molecular complexity index is 834. The Morgan fingerprint density at radius 1 is 1.19 bits per heavy atom. The minimum atomic E-state index is -0.400. The molecule has 1 N–H and O–H groups in total. The first-order valence-corrected chi connectivity index (χ1v) is 10.4. The van der Waals surface area contributed by atoms with Crippen molar-refractivity contribution in [3.05, 3.63) is 50.4 Å². The Hall–Kier alpha value is -1.93. The van der Waals surface area contributed by atoms with Crippen molar-refractivity contribution in [3.63, 3.8) is 0 Å². The van der Waals surface area contributed by atoms with E-state index in [-0.39, 0.29) is 11.8 Å². The molecule has 1 fully saturated rings. The molecule has 8 heteroatoms. The molecule has 0 unspecified atom stereocenters. The zero-order valence-corrected chi connectivity index (χ0v) is 17.4. The van der Waals surface area contributed by atoms with Gasteiger partial charge in [-0.3, -0.25) is 4.79 Å². The van der Waals surface area contributed by atoms with Gasteiger partial charge in [0, 0.05) is 43.2 Å². The molecular weight excluding hydrogens is 433 g/mol. The van der Waals surface area contributed by atoms with Crippen molar-refractivity contribution in [1.82, 2.24) is 10.2 Å². The number of carbonyl (C=O) groups is 2. The van der Waals surface area contributed by atoms with Gasteiger partial charge in [0.05, 0.1) is 9.47 Å². The van der Waals surface area contributed by atoms with Gasteiger partial charge in [-0.05, 0) is 59.6 Å². The summed E-state index contributed by atoms with van der Waals surface area (Å²) in [5, 5.41) is 2.94. The Balaban J connectivity index is 1.48. The molecule has 27 heavy (non-hydrogen) atoms. The lowest BCUT2D eigenvalue weighted by molar-refractivity contribution is 0.101. The second-order valence-corrected chi connectivity index (χ2v) is 8.93. The van der Waals surface area contributed by atoms with Crippen LogP contribution in [0.1, 0.15) is 22.2 Å². The summed E-state index contributed by atoms with van der Waals surface area (Å²) in [5.74, 6) is -0.556. The highest BCUT2D eigenvalue weighted by molar-refractivity contribution is 9.11. The van der Waals surface area contributed by atoms with Crippen molar-refractivity contribution in [2.24, 2.45) is 0 Å². The average Bonchev–Trinajstić information content (AvgIpc) is 3.07. The van der Waals surface area contributed by atoms with Gasteiger partial charge in [0.1, 0.15) is 5.82 Å². The Morgan fingerprint density at radius 2 is 1.93 bits per heavy atom. The van der Waals surface area contributed by atoms with Crippen molar-refractivity contribution in [3.8, 4) is 0 Å². The Labute approximate surface area is 170 Å². The molecule has 2 heterocycles. The first-order valence-electron chi connectivity index (χ1n) is 8.76. The van der Waals surface area contributed by atoms with Crippen LogP contribution < -0.4 is 10.2 Å². The van der Waals surface area contributed by atoms with Crippen molar-refractivity contribution >= 4 is 44.8 Å². The number of anilines is 1. The molecule has 0 aliphatic carbocycles. The molecule has 1 aromatic heterocycles. The number of ketones is 1. The topological polar surface area (TPSA) is 52.7 Å². The Morgan fingerprint density at radius 3 is 2.52 bits per heavy atom. The van der Waals surface area contributed by atoms with Gasteiger partial charge in [-0.1, -0.05) is 0 Å². The summed E-state index contributed by atoms with van der Waals surface area (Å²) in [6.45, 7) is 4.19. The SMILES string of the molecule is CC(=O)c1ccc(N2CCN(C(=O)NCCc3ccc(Br)s3)CC2)c(F)c1. The van der Waals surface area contributed by atoms with E-state index in [0.717, 1.165) is 10.2 Å². The molecule has 0 saturated carbocycles. The van der Waals surface area contributed by atoms with Gasteiger partial charge in [0.2, 0.25) is 0 Å². The average molecular weight is 454 g/mol. The lowest BCUT2D eigenvalue weighted by Crippen LogP contribution is -2.52. The smallest absolute Gasteiger partial charge is 0.317 e. The van der Waals surface area contributed by atoms with Crippen molar-refractivity contribution in [2.45, 2.75) is 13.3 Å². The van der Waals surface area contributed by atoms with E-state index in [9.17, 15) is 14.0 Å². The highest BCUT2D eigenvalue weighted by Gasteiger charge is 2.23. The van der Waals surface area contributed by atoms with Crippen LogP contribution in [-0.2, 0) is 6.42 Å². The number of amides is 2. The van der Waals surface area contributed by atoms with Gasteiger partial charge in [-0.15, -0.1) is 11.3 Å². The van der Waals surface area contributed by atoms with Gasteiger partial charge < -0.3 is 15.1 Å². The molecule has 1 saturated heterocycles. The monoisotopic (exact) mass is 453 g/mol. The molecule has 0 radical (unpaired) electrons. The lowest BCUT2D eigenvalue weighted by Gasteiger charge is -2.36. The summed E-state index contributed by atoms with van der Waals surface area (Å²) in [7, 11) is 0. The third-order valence-electron chi connectivity index (χ3n) is 4.54. The molecule has 1 aliphatic heterocycles. The zero-order chi connectivity index (χ0) is 19.4. The van der Waals surface area contributed by atoms with Gasteiger partial charge in [0.25, 0.3) is 0 Å². The van der Waals surface area contributed by atoms with Crippen molar-refractivity contribution in [1.29, 1.82) is 0 Å². The van der Waals surface area contributed by atoms with Crippen LogP contribution in [-0.4, -0.2) is 49.4 Å². The molecular formula is C19H21BrFN3O2S. The number of nitrogens with one attached hydrogen (secondary N) is 1. The maximum Gasteiger partial charge on any atom is 0.317 e.